The molecule has 1 heterocycles. The van der Waals surface area contributed by atoms with E-state index in [9.17, 15) is 52.7 Å². The quantitative estimate of drug-likeness (QED) is 0.637. The number of nitrogens with zero attached hydrogens (tertiary/aromatic N) is 1. The first kappa shape index (κ1) is 19.1. The number of hydrogen-bond acceptors (Lipinski definition) is 2. The Kier molecular flexibility index (Phi) is 3.96. The van der Waals surface area contributed by atoms with Crippen molar-refractivity contribution < 1.29 is 52.7 Å². The van der Waals surface area contributed by atoms with E-state index in [1.165, 1.54) is 4.99 Å². The highest BCUT2D eigenvalue weighted by Crippen LogP contribution is 2.55. The van der Waals surface area contributed by atoms with Crippen LogP contribution in [0, 0.1) is 0 Å². The lowest BCUT2D eigenvalue weighted by Crippen LogP contribution is -2.75. The number of rotatable bonds is 0. The average molecular weight is 377 g/mol. The van der Waals surface area contributed by atoms with Gasteiger partial charge in [0.2, 0.25) is 0 Å². The molecule has 0 aliphatic carbocycles. The predicted octanol–water partition coefficient (Wildman–Crippen LogP) is 3.91. The summed E-state index contributed by atoms with van der Waals surface area (Å²) in [5.74, 6) is 0. The van der Waals surface area contributed by atoms with Crippen LogP contribution in [0.3, 0.4) is 0 Å². The normalized spacial score (nSPS) is 22.7. The van der Waals surface area contributed by atoms with E-state index in [1.54, 1.807) is 0 Å². The van der Waals surface area contributed by atoms with Gasteiger partial charge in [0.25, 0.3) is 5.54 Å². The van der Waals surface area contributed by atoms with Crippen molar-refractivity contribution in [2.45, 2.75) is 35.9 Å². The van der Waals surface area contributed by atoms with Gasteiger partial charge in [-0.05, 0) is 0 Å². The maximum Gasteiger partial charge on any atom is 0.436 e. The van der Waals surface area contributed by atoms with Crippen LogP contribution in [0.4, 0.5) is 52.7 Å². The third-order valence-electron chi connectivity index (χ3n) is 2.61. The minimum absolute atomic E-state index is 0.508. The zero-order valence-corrected chi connectivity index (χ0v) is 10.1. The Balaban J connectivity index is 3.72. The van der Waals surface area contributed by atoms with Gasteiger partial charge in [-0.25, -0.2) is 4.99 Å². The van der Waals surface area contributed by atoms with Crippen molar-refractivity contribution >= 4 is 16.8 Å². The van der Waals surface area contributed by atoms with Crippen molar-refractivity contribution in [2.75, 3.05) is 0 Å². The Morgan fingerprint density at radius 2 is 1.00 bits per heavy atom. The molecule has 130 valence electrons. The molecular weight excluding hydrogens is 376 g/mol. The molecule has 2 nitrogen and oxygen atoms in total. The third-order valence-corrected chi connectivity index (χ3v) is 2.98. The van der Waals surface area contributed by atoms with Crippen molar-refractivity contribution in [3.05, 3.63) is 0 Å². The van der Waals surface area contributed by atoms with Crippen molar-refractivity contribution in [1.29, 1.82) is 0 Å². The highest BCUT2D eigenvalue weighted by atomic mass is 35.5. The van der Waals surface area contributed by atoms with E-state index < -0.39 is 46.4 Å². The Labute approximate surface area is 117 Å². The average Bonchev–Trinajstić information content (AvgIpc) is 2.49. The lowest BCUT2D eigenvalue weighted by molar-refractivity contribution is -0.333. The van der Waals surface area contributed by atoms with Gasteiger partial charge >= 0.3 is 30.4 Å². The van der Waals surface area contributed by atoms with Gasteiger partial charge in [0.15, 0.2) is 0 Å². The fourth-order valence-corrected chi connectivity index (χ4v) is 1.94. The molecule has 1 N–H and O–H groups in total. The maximum absolute atomic E-state index is 12.6. The van der Waals surface area contributed by atoms with Crippen LogP contribution in [0.1, 0.15) is 0 Å². The molecule has 0 aromatic rings. The minimum Gasteiger partial charge on any atom is -0.250 e. The second-order valence-corrected chi connectivity index (χ2v) is 4.34. The second kappa shape index (κ2) is 4.55. The lowest BCUT2D eigenvalue weighted by atomic mass is 9.98. The molecule has 0 atom stereocenters. The smallest absolute Gasteiger partial charge is 0.250 e. The number of halogens is 13. The molecule has 1 aliphatic heterocycles. The first-order valence-corrected chi connectivity index (χ1v) is 5.03. The van der Waals surface area contributed by atoms with Crippen LogP contribution >= 0.6 is 11.6 Å². The van der Waals surface area contributed by atoms with Crippen LogP contribution in [0.15, 0.2) is 4.99 Å². The van der Waals surface area contributed by atoms with Gasteiger partial charge in [-0.15, -0.1) is 0 Å². The molecule has 22 heavy (non-hydrogen) atoms. The monoisotopic (exact) mass is 376 g/mol. The largest absolute Gasteiger partial charge is 0.436 e. The van der Waals surface area contributed by atoms with Crippen LogP contribution in [0.5, 0.6) is 0 Å². The highest BCUT2D eigenvalue weighted by molar-refractivity contribution is 6.68. The van der Waals surface area contributed by atoms with E-state index in [-0.39, 0.29) is 0 Å². The number of hydrogen-bond donors (Lipinski definition) is 1. The van der Waals surface area contributed by atoms with Gasteiger partial charge in [-0.2, -0.15) is 52.7 Å². The summed E-state index contributed by atoms with van der Waals surface area (Å²) in [6, 6.07) is 0. The topological polar surface area (TPSA) is 24.4 Å². The zero-order chi connectivity index (χ0) is 18.0. The summed E-state index contributed by atoms with van der Waals surface area (Å²) in [5, 5.41) is -3.48. The summed E-state index contributed by atoms with van der Waals surface area (Å²) < 4.78 is 151. The zero-order valence-electron chi connectivity index (χ0n) is 9.36. The molecule has 0 radical (unpaired) electrons. The van der Waals surface area contributed by atoms with Crippen molar-refractivity contribution in [3.63, 3.8) is 0 Å². The Bertz CT molecular complexity index is 452. The Morgan fingerprint density at radius 1 is 0.682 bits per heavy atom. The molecule has 0 saturated carbocycles. The van der Waals surface area contributed by atoms with E-state index >= 15 is 0 Å². The third kappa shape index (κ3) is 2.30. The SMILES string of the molecule is FC(F)(F)C1(C(F)(F)F)N=C(Cl)C(C(F)(F)F)(C(F)(F)F)N1. The van der Waals surface area contributed by atoms with Gasteiger partial charge in [-0.3, -0.25) is 5.32 Å². The van der Waals surface area contributed by atoms with Crippen molar-refractivity contribution in [3.8, 4) is 0 Å². The summed E-state index contributed by atoms with van der Waals surface area (Å²) in [6.07, 6.45) is -26.7. The molecule has 0 fully saturated rings. The summed E-state index contributed by atoms with van der Waals surface area (Å²) in [5.41, 5.74) is -11.6. The van der Waals surface area contributed by atoms with Gasteiger partial charge in [0, 0.05) is 0 Å². The first-order chi connectivity index (χ1) is 9.33. The van der Waals surface area contributed by atoms with Crippen molar-refractivity contribution in [2.24, 2.45) is 4.99 Å². The first-order valence-electron chi connectivity index (χ1n) is 4.65. The minimum atomic E-state index is -6.68. The van der Waals surface area contributed by atoms with Gasteiger partial charge < -0.3 is 0 Å². The summed E-state index contributed by atoms with van der Waals surface area (Å²) in [7, 11) is 0. The molecule has 0 spiro atoms. The molecule has 0 aromatic heterocycles. The van der Waals surface area contributed by atoms with Crippen LogP contribution in [-0.2, 0) is 0 Å². The lowest BCUT2D eigenvalue weighted by Gasteiger charge is -2.38. The van der Waals surface area contributed by atoms with Gasteiger partial charge in [-0.1, -0.05) is 11.6 Å². The molecule has 0 amide bonds. The molecule has 0 unspecified atom stereocenters. The van der Waals surface area contributed by atoms with E-state index in [2.05, 4.69) is 11.6 Å². The van der Waals surface area contributed by atoms with Gasteiger partial charge in [0.05, 0.1) is 0 Å². The molecule has 15 heteroatoms. The van der Waals surface area contributed by atoms with E-state index in [1.807, 2.05) is 0 Å². The van der Waals surface area contributed by atoms with Gasteiger partial charge in [0.1, 0.15) is 5.17 Å². The maximum atomic E-state index is 12.6. The van der Waals surface area contributed by atoms with Crippen molar-refractivity contribution in [1.82, 2.24) is 5.32 Å². The summed E-state index contributed by atoms with van der Waals surface area (Å²) >= 11 is 4.45. The molecular formula is C7HClF12N2. The molecule has 0 aromatic carbocycles. The van der Waals surface area contributed by atoms with Crippen LogP contribution < -0.4 is 5.32 Å². The molecule has 0 saturated heterocycles. The summed E-state index contributed by atoms with van der Waals surface area (Å²) in [6.45, 7) is 0. The molecule has 1 aliphatic rings. The highest BCUT2D eigenvalue weighted by Gasteiger charge is 2.86. The Morgan fingerprint density at radius 3 is 1.14 bits per heavy atom. The standard InChI is InChI=1S/C7HClF12N2/c8-1-2(4(9,10)11,5(12,13)14)22-3(21-1,6(15,16)17)7(18,19)20/h22H. The van der Waals surface area contributed by atoms with Crippen LogP contribution in [0.2, 0.25) is 0 Å². The van der Waals surface area contributed by atoms with Crippen LogP contribution in [-0.4, -0.2) is 41.1 Å². The second-order valence-electron chi connectivity index (χ2n) is 3.98. The van der Waals surface area contributed by atoms with E-state index in [4.69, 9.17) is 0 Å². The van der Waals surface area contributed by atoms with Crippen LogP contribution in [0.25, 0.3) is 0 Å². The predicted molar refractivity (Wildman–Crippen MR) is 46.1 cm³/mol. The number of nitrogens with one attached hydrogen (secondary N) is 1. The van der Waals surface area contributed by atoms with E-state index in [0.29, 0.717) is 0 Å². The number of aliphatic imine (C=N–C) groups is 1. The molecule has 1 rings (SSSR count). The fraction of sp³-hybridized carbons (Fsp3) is 0.857. The van der Waals surface area contributed by atoms with E-state index in [0.717, 1.165) is 0 Å². The number of alkyl halides is 12. The summed E-state index contributed by atoms with van der Waals surface area (Å²) in [4.78, 5) is 1.43. The fourth-order valence-electron chi connectivity index (χ4n) is 1.55. The molecule has 0 bridgehead atoms. The Hall–Kier alpha value is -0.920.